The van der Waals surface area contributed by atoms with Gasteiger partial charge in [-0.3, -0.25) is 0 Å². The third-order valence-electron chi connectivity index (χ3n) is 2.19. The Balaban J connectivity index is 3.17. The first kappa shape index (κ1) is 11.1. The summed E-state index contributed by atoms with van der Waals surface area (Å²) in [6.07, 6.45) is 6.67. The summed E-state index contributed by atoms with van der Waals surface area (Å²) < 4.78 is 0. The van der Waals surface area contributed by atoms with Gasteiger partial charge in [0, 0.05) is 5.35 Å². The maximum Gasteiger partial charge on any atom is 0.118 e. The van der Waals surface area contributed by atoms with Gasteiger partial charge in [-0.15, -0.1) is 0 Å². The van der Waals surface area contributed by atoms with E-state index >= 15 is 0 Å². The number of hydrogen-bond donors (Lipinski definition) is 1. The minimum absolute atomic E-state index is 0.538. The van der Waals surface area contributed by atoms with Crippen molar-refractivity contribution in [1.29, 1.82) is 5.26 Å². The first-order chi connectivity index (χ1) is 7.21. The van der Waals surface area contributed by atoms with Gasteiger partial charge in [0.05, 0.1) is 0 Å². The number of nitrogens with one attached hydrogen (secondary N) is 1. The first-order valence-electron chi connectivity index (χ1n) is 4.82. The van der Waals surface area contributed by atoms with E-state index in [-0.39, 0.29) is 0 Å². The Morgan fingerprint density at radius 1 is 1.67 bits per heavy atom. The molecule has 1 aromatic rings. The Hall–Kier alpha value is -2.01. The SMILES string of the molecule is C=C/C(=C\C=c1\[nH]c(C#N)cc1=C)CC. The van der Waals surface area contributed by atoms with Crippen molar-refractivity contribution in [3.05, 3.63) is 46.6 Å². The van der Waals surface area contributed by atoms with E-state index in [1.165, 1.54) is 0 Å². The van der Waals surface area contributed by atoms with Crippen LogP contribution in [0.25, 0.3) is 12.7 Å². The van der Waals surface area contributed by atoms with Crippen LogP contribution in [0.15, 0.2) is 30.4 Å². The average molecular weight is 198 g/mol. The van der Waals surface area contributed by atoms with E-state index in [0.717, 1.165) is 22.6 Å². The summed E-state index contributed by atoms with van der Waals surface area (Å²) in [7, 11) is 0. The van der Waals surface area contributed by atoms with Crippen LogP contribution in [0.1, 0.15) is 19.0 Å². The zero-order valence-corrected chi connectivity index (χ0v) is 8.88. The molecule has 0 unspecified atom stereocenters. The normalized spacial score (nSPS) is 12.5. The smallest absolute Gasteiger partial charge is 0.118 e. The largest absolute Gasteiger partial charge is 0.346 e. The standard InChI is InChI=1S/C13H14N2/c1-4-11(5-2)6-7-13-10(3)8-12(9-14)15-13/h4,6-8,15H,1,3,5H2,2H3/b11-6+,13-7+. The maximum absolute atomic E-state index is 8.69. The Bertz CT molecular complexity index is 524. The molecule has 0 atom stereocenters. The molecule has 0 aliphatic carbocycles. The zero-order chi connectivity index (χ0) is 11.3. The Morgan fingerprint density at radius 3 is 2.87 bits per heavy atom. The van der Waals surface area contributed by atoms with Crippen molar-refractivity contribution in [2.45, 2.75) is 13.3 Å². The highest BCUT2D eigenvalue weighted by molar-refractivity contribution is 5.42. The molecule has 2 heteroatoms. The highest BCUT2D eigenvalue weighted by Gasteiger charge is 1.91. The lowest BCUT2D eigenvalue weighted by Crippen LogP contribution is -2.19. The van der Waals surface area contributed by atoms with Crippen LogP contribution < -0.4 is 10.6 Å². The van der Waals surface area contributed by atoms with Gasteiger partial charge in [0.2, 0.25) is 0 Å². The number of aromatic nitrogens is 1. The molecule has 0 aliphatic rings. The molecule has 76 valence electrons. The monoisotopic (exact) mass is 198 g/mol. The van der Waals surface area contributed by atoms with Crippen LogP contribution in [0.5, 0.6) is 0 Å². The van der Waals surface area contributed by atoms with Crippen molar-refractivity contribution in [3.8, 4) is 6.07 Å². The number of H-pyrrole nitrogens is 1. The van der Waals surface area contributed by atoms with Crippen molar-refractivity contribution in [3.63, 3.8) is 0 Å². The summed E-state index contributed by atoms with van der Waals surface area (Å²) >= 11 is 0. The van der Waals surface area contributed by atoms with Gasteiger partial charge in [0.1, 0.15) is 11.8 Å². The van der Waals surface area contributed by atoms with Gasteiger partial charge >= 0.3 is 0 Å². The molecule has 0 amide bonds. The lowest BCUT2D eigenvalue weighted by atomic mass is 10.2. The fourth-order valence-corrected chi connectivity index (χ4v) is 1.24. The van der Waals surface area contributed by atoms with Gasteiger partial charge in [0.15, 0.2) is 0 Å². The third-order valence-corrected chi connectivity index (χ3v) is 2.19. The van der Waals surface area contributed by atoms with Crippen LogP contribution in [0.3, 0.4) is 0 Å². The first-order valence-corrected chi connectivity index (χ1v) is 4.82. The van der Waals surface area contributed by atoms with E-state index in [1.54, 1.807) is 6.07 Å². The van der Waals surface area contributed by atoms with Crippen LogP contribution in [-0.2, 0) is 0 Å². The van der Waals surface area contributed by atoms with Gasteiger partial charge in [-0.2, -0.15) is 5.26 Å². The van der Waals surface area contributed by atoms with Gasteiger partial charge < -0.3 is 4.98 Å². The molecule has 0 aromatic carbocycles. The molecule has 0 saturated carbocycles. The minimum atomic E-state index is 0.538. The van der Waals surface area contributed by atoms with E-state index in [4.69, 9.17) is 5.26 Å². The molecule has 0 fully saturated rings. The molecular formula is C13H14N2. The van der Waals surface area contributed by atoms with Gasteiger partial charge in [-0.05, 0) is 29.4 Å². The summed E-state index contributed by atoms with van der Waals surface area (Å²) in [5.74, 6) is 0. The molecule has 1 aromatic heterocycles. The van der Waals surface area contributed by atoms with E-state index in [1.807, 2.05) is 24.3 Å². The van der Waals surface area contributed by atoms with Crippen molar-refractivity contribution >= 4 is 12.7 Å². The lowest BCUT2D eigenvalue weighted by molar-refractivity contribution is 1.15. The fourth-order valence-electron chi connectivity index (χ4n) is 1.24. The van der Waals surface area contributed by atoms with Crippen LogP contribution in [-0.4, -0.2) is 4.98 Å². The van der Waals surface area contributed by atoms with E-state index < -0.39 is 0 Å². The minimum Gasteiger partial charge on any atom is -0.346 e. The molecule has 1 rings (SSSR count). The second kappa shape index (κ2) is 5.02. The summed E-state index contributed by atoms with van der Waals surface area (Å²) in [6, 6.07) is 3.78. The third kappa shape index (κ3) is 2.72. The molecule has 15 heavy (non-hydrogen) atoms. The quantitative estimate of drug-likeness (QED) is 0.736. The van der Waals surface area contributed by atoms with Crippen LogP contribution in [0.2, 0.25) is 0 Å². The van der Waals surface area contributed by atoms with Crippen LogP contribution in [0.4, 0.5) is 0 Å². The van der Waals surface area contributed by atoms with Gasteiger partial charge in [0.25, 0.3) is 0 Å². The molecule has 0 spiro atoms. The number of rotatable bonds is 3. The number of allylic oxidation sites excluding steroid dienone is 3. The molecule has 0 bridgehead atoms. The van der Waals surface area contributed by atoms with Crippen molar-refractivity contribution in [1.82, 2.24) is 4.98 Å². The van der Waals surface area contributed by atoms with E-state index in [0.29, 0.717) is 5.69 Å². The predicted molar refractivity (Wildman–Crippen MR) is 63.3 cm³/mol. The summed E-state index contributed by atoms with van der Waals surface area (Å²) in [4.78, 5) is 2.98. The number of aromatic amines is 1. The fraction of sp³-hybridized carbons (Fsp3) is 0.154. The maximum atomic E-state index is 8.69. The molecule has 1 heterocycles. The molecule has 2 nitrogen and oxygen atoms in total. The van der Waals surface area contributed by atoms with E-state index in [2.05, 4.69) is 25.1 Å². The van der Waals surface area contributed by atoms with Gasteiger partial charge in [-0.1, -0.05) is 32.2 Å². The van der Waals surface area contributed by atoms with E-state index in [9.17, 15) is 0 Å². The topological polar surface area (TPSA) is 39.6 Å². The highest BCUT2D eigenvalue weighted by atomic mass is 14.7. The predicted octanol–water partition coefficient (Wildman–Crippen LogP) is 1.60. The second-order valence-electron chi connectivity index (χ2n) is 3.20. The lowest BCUT2D eigenvalue weighted by Gasteiger charge is -1.90. The Kier molecular flexibility index (Phi) is 3.70. The van der Waals surface area contributed by atoms with Crippen LogP contribution in [0, 0.1) is 11.3 Å². The molecule has 0 saturated heterocycles. The zero-order valence-electron chi connectivity index (χ0n) is 8.88. The van der Waals surface area contributed by atoms with Gasteiger partial charge in [-0.25, -0.2) is 0 Å². The van der Waals surface area contributed by atoms with Crippen molar-refractivity contribution < 1.29 is 0 Å². The summed E-state index contributed by atoms with van der Waals surface area (Å²) in [5, 5.41) is 10.4. The number of nitriles is 1. The second-order valence-corrected chi connectivity index (χ2v) is 3.20. The van der Waals surface area contributed by atoms with Crippen molar-refractivity contribution in [2.24, 2.45) is 0 Å². The molecule has 0 aliphatic heterocycles. The number of hydrogen-bond acceptors (Lipinski definition) is 1. The molecule has 0 radical (unpaired) electrons. The van der Waals surface area contributed by atoms with Crippen molar-refractivity contribution in [2.75, 3.05) is 0 Å². The summed E-state index contributed by atoms with van der Waals surface area (Å²) in [6.45, 7) is 9.64. The average Bonchev–Trinajstić information content (AvgIpc) is 2.61. The Morgan fingerprint density at radius 2 is 2.40 bits per heavy atom. The molecule has 1 N–H and O–H groups in total. The molecular weight excluding hydrogens is 184 g/mol. The summed E-state index contributed by atoms with van der Waals surface area (Å²) in [5.41, 5.74) is 1.69. The number of nitrogens with zero attached hydrogens (tertiary/aromatic N) is 1. The Labute approximate surface area is 89.6 Å². The highest BCUT2D eigenvalue weighted by Crippen LogP contribution is 2.00. The van der Waals surface area contributed by atoms with Crippen LogP contribution >= 0.6 is 0 Å².